The molecular weight excluding hydrogens is 372 g/mol. The number of urea groups is 1. The summed E-state index contributed by atoms with van der Waals surface area (Å²) >= 11 is 0. The van der Waals surface area contributed by atoms with Gasteiger partial charge in [-0.15, -0.1) is 0 Å². The summed E-state index contributed by atoms with van der Waals surface area (Å²) < 4.78 is 0. The van der Waals surface area contributed by atoms with Gasteiger partial charge in [0.25, 0.3) is 5.91 Å². The Kier molecular flexibility index (Phi) is 4.54. The minimum absolute atomic E-state index is 0.170. The summed E-state index contributed by atoms with van der Waals surface area (Å²) in [6.45, 7) is 1.19. The Morgan fingerprint density at radius 3 is 2.45 bits per heavy atom. The molecule has 0 bridgehead atoms. The quantitative estimate of drug-likeness (QED) is 0.776. The van der Waals surface area contributed by atoms with Crippen molar-refractivity contribution in [2.75, 3.05) is 23.3 Å². The highest BCUT2D eigenvalue weighted by molar-refractivity contribution is 6.14. The molecule has 8 heteroatoms. The first-order valence-electron chi connectivity index (χ1n) is 9.35. The SMILES string of the molecule is CC[C@]1(c2ccccc2)NC(=O)N(CC(=O)N2CC(=O)Nc3ccccc32)C1=O. The maximum atomic E-state index is 13.2. The fourth-order valence-electron chi connectivity index (χ4n) is 3.81. The van der Waals surface area contributed by atoms with Crippen molar-refractivity contribution in [2.24, 2.45) is 0 Å². The third-order valence-electron chi connectivity index (χ3n) is 5.34. The molecule has 5 amide bonds. The Morgan fingerprint density at radius 1 is 1.03 bits per heavy atom. The third-order valence-corrected chi connectivity index (χ3v) is 5.34. The van der Waals surface area contributed by atoms with Gasteiger partial charge < -0.3 is 10.6 Å². The molecule has 0 unspecified atom stereocenters. The molecule has 0 aliphatic carbocycles. The number of para-hydroxylation sites is 2. The summed E-state index contributed by atoms with van der Waals surface area (Å²) in [5.74, 6) is -1.31. The number of hydrogen-bond acceptors (Lipinski definition) is 4. The second-order valence-corrected chi connectivity index (χ2v) is 6.99. The zero-order chi connectivity index (χ0) is 20.6. The first kappa shape index (κ1) is 18.7. The number of anilines is 2. The fraction of sp³-hybridized carbons (Fsp3) is 0.238. The second kappa shape index (κ2) is 7.05. The van der Waals surface area contributed by atoms with Crippen molar-refractivity contribution in [2.45, 2.75) is 18.9 Å². The van der Waals surface area contributed by atoms with Crippen molar-refractivity contribution in [3.05, 3.63) is 60.2 Å². The number of amides is 5. The van der Waals surface area contributed by atoms with Crippen LogP contribution in [0.1, 0.15) is 18.9 Å². The van der Waals surface area contributed by atoms with Gasteiger partial charge >= 0.3 is 6.03 Å². The van der Waals surface area contributed by atoms with Crippen LogP contribution >= 0.6 is 0 Å². The van der Waals surface area contributed by atoms with Crippen molar-refractivity contribution in [3.8, 4) is 0 Å². The number of hydrogen-bond donors (Lipinski definition) is 2. The van der Waals surface area contributed by atoms with E-state index in [0.29, 0.717) is 23.4 Å². The molecule has 0 saturated carbocycles. The van der Waals surface area contributed by atoms with Crippen LogP contribution in [0, 0.1) is 0 Å². The van der Waals surface area contributed by atoms with Gasteiger partial charge in [-0.3, -0.25) is 24.2 Å². The molecule has 0 radical (unpaired) electrons. The van der Waals surface area contributed by atoms with Crippen LogP contribution in [0.25, 0.3) is 0 Å². The molecule has 4 rings (SSSR count). The Labute approximate surface area is 167 Å². The van der Waals surface area contributed by atoms with E-state index in [1.165, 1.54) is 4.90 Å². The summed E-state index contributed by atoms with van der Waals surface area (Å²) in [5, 5.41) is 5.46. The van der Waals surface area contributed by atoms with E-state index in [4.69, 9.17) is 0 Å². The Hall–Kier alpha value is -3.68. The van der Waals surface area contributed by atoms with Gasteiger partial charge in [0.15, 0.2) is 0 Å². The molecule has 0 spiro atoms. The summed E-state index contributed by atoms with van der Waals surface area (Å²) in [6.07, 6.45) is 0.348. The van der Waals surface area contributed by atoms with E-state index < -0.39 is 29.9 Å². The number of carbonyl (C=O) groups excluding carboxylic acids is 4. The standard InChI is InChI=1S/C21H20N4O4/c1-2-21(14-8-4-3-5-9-14)19(28)25(20(29)23-21)13-18(27)24-12-17(26)22-15-10-6-7-11-16(15)24/h3-11H,2,12-13H2,1H3,(H,22,26)(H,23,29)/t21-/m1/s1. The smallest absolute Gasteiger partial charge is 0.323 e. The van der Waals surface area contributed by atoms with E-state index >= 15 is 0 Å². The molecule has 2 aromatic carbocycles. The lowest BCUT2D eigenvalue weighted by Gasteiger charge is -2.30. The van der Waals surface area contributed by atoms with Crippen LogP contribution in [0.4, 0.5) is 16.2 Å². The van der Waals surface area contributed by atoms with Gasteiger partial charge in [-0.2, -0.15) is 0 Å². The highest BCUT2D eigenvalue weighted by Crippen LogP contribution is 2.33. The molecule has 148 valence electrons. The summed E-state index contributed by atoms with van der Waals surface area (Å²) in [7, 11) is 0. The van der Waals surface area contributed by atoms with Gasteiger partial charge in [0.2, 0.25) is 11.8 Å². The summed E-state index contributed by atoms with van der Waals surface area (Å²) in [5.41, 5.74) is 0.518. The first-order valence-corrected chi connectivity index (χ1v) is 9.35. The van der Waals surface area contributed by atoms with Gasteiger partial charge in [0.05, 0.1) is 11.4 Å². The summed E-state index contributed by atoms with van der Waals surface area (Å²) in [4.78, 5) is 53.0. The average Bonchev–Trinajstić information content (AvgIpc) is 2.98. The predicted octanol–water partition coefficient (Wildman–Crippen LogP) is 1.83. The van der Waals surface area contributed by atoms with E-state index in [-0.39, 0.29) is 12.5 Å². The average molecular weight is 392 g/mol. The maximum absolute atomic E-state index is 13.2. The monoisotopic (exact) mass is 392 g/mol. The number of benzene rings is 2. The lowest BCUT2D eigenvalue weighted by molar-refractivity contribution is -0.134. The molecule has 8 nitrogen and oxygen atoms in total. The van der Waals surface area contributed by atoms with Crippen molar-refractivity contribution in [1.29, 1.82) is 0 Å². The van der Waals surface area contributed by atoms with Crippen LogP contribution < -0.4 is 15.5 Å². The van der Waals surface area contributed by atoms with Gasteiger partial charge in [0.1, 0.15) is 18.6 Å². The Morgan fingerprint density at radius 2 is 1.72 bits per heavy atom. The molecule has 2 heterocycles. The molecule has 29 heavy (non-hydrogen) atoms. The minimum Gasteiger partial charge on any atom is -0.323 e. The first-order chi connectivity index (χ1) is 14.0. The van der Waals surface area contributed by atoms with Gasteiger partial charge in [0, 0.05) is 0 Å². The van der Waals surface area contributed by atoms with E-state index in [0.717, 1.165) is 4.90 Å². The third kappa shape index (κ3) is 3.02. The number of fused-ring (bicyclic) bond motifs is 1. The molecule has 2 N–H and O–H groups in total. The van der Waals surface area contributed by atoms with Gasteiger partial charge in [-0.25, -0.2) is 4.79 Å². The Balaban J connectivity index is 1.60. The molecule has 1 fully saturated rings. The summed E-state index contributed by atoms with van der Waals surface area (Å²) in [6, 6.07) is 15.2. The van der Waals surface area contributed by atoms with Crippen molar-refractivity contribution >= 4 is 35.1 Å². The van der Waals surface area contributed by atoms with Crippen LogP contribution in [0.5, 0.6) is 0 Å². The second-order valence-electron chi connectivity index (χ2n) is 6.99. The zero-order valence-electron chi connectivity index (χ0n) is 15.8. The predicted molar refractivity (Wildman–Crippen MR) is 106 cm³/mol. The normalized spacial score (nSPS) is 20.9. The number of rotatable bonds is 4. The van der Waals surface area contributed by atoms with Gasteiger partial charge in [-0.05, 0) is 24.1 Å². The van der Waals surface area contributed by atoms with E-state index in [9.17, 15) is 19.2 Å². The molecule has 2 aliphatic rings. The maximum Gasteiger partial charge on any atom is 0.325 e. The largest absolute Gasteiger partial charge is 0.325 e. The van der Waals surface area contributed by atoms with Crippen molar-refractivity contribution in [3.63, 3.8) is 0 Å². The van der Waals surface area contributed by atoms with Crippen LogP contribution in [0.15, 0.2) is 54.6 Å². The zero-order valence-corrected chi connectivity index (χ0v) is 15.8. The number of nitrogens with zero attached hydrogens (tertiary/aromatic N) is 2. The minimum atomic E-state index is -1.20. The lowest BCUT2D eigenvalue weighted by Crippen LogP contribution is -2.48. The Bertz CT molecular complexity index is 1010. The highest BCUT2D eigenvalue weighted by Gasteiger charge is 2.52. The number of carbonyl (C=O) groups is 4. The van der Waals surface area contributed by atoms with Crippen LogP contribution in [0.3, 0.4) is 0 Å². The van der Waals surface area contributed by atoms with Crippen LogP contribution in [0.2, 0.25) is 0 Å². The molecule has 2 aliphatic heterocycles. The topological polar surface area (TPSA) is 98.8 Å². The van der Waals surface area contributed by atoms with Crippen molar-refractivity contribution < 1.29 is 19.2 Å². The van der Waals surface area contributed by atoms with Crippen LogP contribution in [-0.4, -0.2) is 41.7 Å². The van der Waals surface area contributed by atoms with E-state index in [1.54, 1.807) is 48.5 Å². The van der Waals surface area contributed by atoms with Gasteiger partial charge in [-0.1, -0.05) is 49.4 Å². The molecule has 1 atom stereocenters. The molecule has 1 saturated heterocycles. The fourth-order valence-corrected chi connectivity index (χ4v) is 3.81. The lowest BCUT2D eigenvalue weighted by atomic mass is 9.87. The van der Waals surface area contributed by atoms with Crippen molar-refractivity contribution in [1.82, 2.24) is 10.2 Å². The van der Waals surface area contributed by atoms with E-state index in [2.05, 4.69) is 10.6 Å². The molecule has 2 aromatic rings. The number of imide groups is 1. The molecule has 0 aromatic heterocycles. The highest BCUT2D eigenvalue weighted by atomic mass is 16.2. The molecular formula is C21H20N4O4. The van der Waals surface area contributed by atoms with E-state index in [1.807, 2.05) is 13.0 Å². The number of nitrogens with one attached hydrogen (secondary N) is 2. The van der Waals surface area contributed by atoms with Crippen LogP contribution in [-0.2, 0) is 19.9 Å².